The number of rotatable bonds is 10. The van der Waals surface area contributed by atoms with E-state index >= 15 is 0 Å². The van der Waals surface area contributed by atoms with Crippen LogP contribution in [-0.4, -0.2) is 31.6 Å². The number of hydrogen-bond donors (Lipinski definition) is 0. The van der Waals surface area contributed by atoms with Gasteiger partial charge in [-0.2, -0.15) is 0 Å². The highest BCUT2D eigenvalue weighted by atomic mass is 16.6. The van der Waals surface area contributed by atoms with E-state index in [1.165, 1.54) is 7.11 Å². The van der Waals surface area contributed by atoms with Crippen LogP contribution in [0.1, 0.15) is 39.5 Å². The molecule has 0 amide bonds. The lowest BCUT2D eigenvalue weighted by molar-refractivity contribution is -0.155. The summed E-state index contributed by atoms with van der Waals surface area (Å²) in [4.78, 5) is 24.2. The van der Waals surface area contributed by atoms with E-state index in [2.05, 4.69) is 6.92 Å². The molecule has 0 spiro atoms. The van der Waals surface area contributed by atoms with Crippen molar-refractivity contribution >= 4 is 11.8 Å². The molecular weight excluding hydrogens is 284 g/mol. The Labute approximate surface area is 131 Å². The number of Topliss-reactive ketones (excluding diaryl/α,β-unsaturated/α-hetero) is 1. The second-order valence-electron chi connectivity index (χ2n) is 4.85. The Bertz CT molecular complexity index is 484. The van der Waals surface area contributed by atoms with Crippen LogP contribution < -0.4 is 9.47 Å². The van der Waals surface area contributed by atoms with Crippen molar-refractivity contribution in [2.75, 3.05) is 13.7 Å². The number of hydrogen-bond acceptors (Lipinski definition) is 5. The summed E-state index contributed by atoms with van der Waals surface area (Å²) in [7, 11) is 1.54. The molecule has 0 heterocycles. The quantitative estimate of drug-likeness (QED) is 0.377. The van der Waals surface area contributed by atoms with Gasteiger partial charge in [0.05, 0.1) is 13.7 Å². The molecule has 0 fully saturated rings. The van der Waals surface area contributed by atoms with Crippen LogP contribution in [0.15, 0.2) is 24.3 Å². The van der Waals surface area contributed by atoms with Gasteiger partial charge in [-0.05, 0) is 25.5 Å². The molecule has 1 rings (SSSR count). The Hall–Kier alpha value is -2.04. The van der Waals surface area contributed by atoms with E-state index in [0.29, 0.717) is 17.9 Å². The fraction of sp³-hybridized carbons (Fsp3) is 0.529. The standard InChI is InChI=1S/C17H24O5/c1-4-6-7-11-15(18)16(17(19)21-5-2)22-14-10-8-9-13(12-14)20-3/h8-10,12,16H,4-7,11H2,1-3H3. The lowest BCUT2D eigenvalue weighted by atomic mass is 10.1. The molecule has 0 aliphatic heterocycles. The zero-order chi connectivity index (χ0) is 16.4. The molecular formula is C17H24O5. The van der Waals surface area contributed by atoms with Gasteiger partial charge in [0.15, 0.2) is 5.78 Å². The summed E-state index contributed by atoms with van der Waals surface area (Å²) in [6, 6.07) is 6.80. The molecule has 1 unspecified atom stereocenters. The summed E-state index contributed by atoms with van der Waals surface area (Å²) in [5.41, 5.74) is 0. The number of ether oxygens (including phenoxy) is 3. The van der Waals surface area contributed by atoms with Gasteiger partial charge in [0.2, 0.25) is 0 Å². The summed E-state index contributed by atoms with van der Waals surface area (Å²) in [6.07, 6.45) is 1.78. The Morgan fingerprint density at radius 1 is 1.14 bits per heavy atom. The number of unbranched alkanes of at least 4 members (excludes halogenated alkanes) is 2. The van der Waals surface area contributed by atoms with Crippen LogP contribution in [0, 0.1) is 0 Å². The van der Waals surface area contributed by atoms with Crippen molar-refractivity contribution < 1.29 is 23.8 Å². The van der Waals surface area contributed by atoms with Crippen LogP contribution in [0.5, 0.6) is 11.5 Å². The minimum absolute atomic E-state index is 0.207. The molecule has 0 saturated heterocycles. The highest BCUT2D eigenvalue weighted by Gasteiger charge is 2.29. The SMILES string of the molecule is CCCCCC(=O)C(Oc1cccc(OC)c1)C(=O)OCC. The van der Waals surface area contributed by atoms with Crippen LogP contribution in [0.2, 0.25) is 0 Å². The number of methoxy groups -OCH3 is 1. The van der Waals surface area contributed by atoms with Crippen LogP contribution in [0.3, 0.4) is 0 Å². The van der Waals surface area contributed by atoms with Gasteiger partial charge in [0.1, 0.15) is 11.5 Å². The van der Waals surface area contributed by atoms with Gasteiger partial charge in [-0.25, -0.2) is 4.79 Å². The Balaban J connectivity index is 2.80. The minimum atomic E-state index is -1.22. The van der Waals surface area contributed by atoms with E-state index in [1.54, 1.807) is 31.2 Å². The van der Waals surface area contributed by atoms with E-state index in [0.717, 1.165) is 19.3 Å². The number of carbonyl (C=O) groups excluding carboxylic acids is 2. The summed E-state index contributed by atoms with van der Waals surface area (Å²) < 4.78 is 15.6. The van der Waals surface area contributed by atoms with Crippen molar-refractivity contribution in [1.82, 2.24) is 0 Å². The Kier molecular flexibility index (Phi) is 8.04. The molecule has 5 heteroatoms. The van der Waals surface area contributed by atoms with Gasteiger partial charge < -0.3 is 14.2 Å². The van der Waals surface area contributed by atoms with Crippen LogP contribution >= 0.6 is 0 Å². The molecule has 0 saturated carbocycles. The van der Waals surface area contributed by atoms with Gasteiger partial charge in [-0.3, -0.25) is 4.79 Å². The summed E-state index contributed by atoms with van der Waals surface area (Å²) in [6.45, 7) is 3.96. The van der Waals surface area contributed by atoms with E-state index in [9.17, 15) is 9.59 Å². The summed E-state index contributed by atoms with van der Waals surface area (Å²) in [5, 5.41) is 0. The third-order valence-electron chi connectivity index (χ3n) is 3.11. The van der Waals surface area contributed by atoms with Crippen LogP contribution in [-0.2, 0) is 14.3 Å². The molecule has 0 aliphatic rings. The average Bonchev–Trinajstić information content (AvgIpc) is 2.53. The van der Waals surface area contributed by atoms with Gasteiger partial charge in [-0.15, -0.1) is 0 Å². The number of benzene rings is 1. The molecule has 0 radical (unpaired) electrons. The second kappa shape index (κ2) is 9.82. The first-order chi connectivity index (χ1) is 10.6. The maximum Gasteiger partial charge on any atom is 0.355 e. The lowest BCUT2D eigenvalue weighted by Gasteiger charge is -2.17. The third-order valence-corrected chi connectivity index (χ3v) is 3.11. The molecule has 5 nitrogen and oxygen atoms in total. The van der Waals surface area contributed by atoms with Crippen LogP contribution in [0.25, 0.3) is 0 Å². The van der Waals surface area contributed by atoms with Crippen molar-refractivity contribution in [2.24, 2.45) is 0 Å². The van der Waals surface area contributed by atoms with Gasteiger partial charge in [0, 0.05) is 12.5 Å². The minimum Gasteiger partial charge on any atom is -0.497 e. The third kappa shape index (κ3) is 5.76. The fourth-order valence-corrected chi connectivity index (χ4v) is 1.95. The molecule has 0 bridgehead atoms. The van der Waals surface area contributed by atoms with Crippen molar-refractivity contribution in [3.63, 3.8) is 0 Å². The summed E-state index contributed by atoms with van der Waals surface area (Å²) in [5.74, 6) is 0.0984. The smallest absolute Gasteiger partial charge is 0.355 e. The molecule has 0 aromatic heterocycles. The number of ketones is 1. The highest BCUT2D eigenvalue weighted by molar-refractivity contribution is 6.02. The first-order valence-corrected chi connectivity index (χ1v) is 7.62. The zero-order valence-electron chi connectivity index (χ0n) is 13.5. The Morgan fingerprint density at radius 2 is 1.86 bits per heavy atom. The second-order valence-corrected chi connectivity index (χ2v) is 4.85. The largest absolute Gasteiger partial charge is 0.497 e. The predicted molar refractivity (Wildman–Crippen MR) is 83.2 cm³/mol. The molecule has 0 aliphatic carbocycles. The Morgan fingerprint density at radius 3 is 2.50 bits per heavy atom. The molecule has 22 heavy (non-hydrogen) atoms. The van der Waals surface area contributed by atoms with Crippen molar-refractivity contribution in [2.45, 2.75) is 45.6 Å². The molecule has 1 aromatic rings. The number of carbonyl (C=O) groups is 2. The molecule has 1 atom stereocenters. The molecule has 122 valence electrons. The first-order valence-electron chi connectivity index (χ1n) is 7.62. The van der Waals surface area contributed by atoms with Gasteiger partial charge >= 0.3 is 5.97 Å². The fourth-order valence-electron chi connectivity index (χ4n) is 1.95. The molecule has 1 aromatic carbocycles. The maximum absolute atomic E-state index is 12.2. The normalized spacial score (nSPS) is 11.6. The van der Waals surface area contributed by atoms with E-state index in [-0.39, 0.29) is 12.4 Å². The van der Waals surface area contributed by atoms with Crippen molar-refractivity contribution in [3.8, 4) is 11.5 Å². The first kappa shape index (κ1) is 18.0. The zero-order valence-corrected chi connectivity index (χ0v) is 13.5. The molecule has 0 N–H and O–H groups in total. The van der Waals surface area contributed by atoms with Crippen molar-refractivity contribution in [3.05, 3.63) is 24.3 Å². The van der Waals surface area contributed by atoms with E-state index < -0.39 is 12.1 Å². The van der Waals surface area contributed by atoms with Crippen LogP contribution in [0.4, 0.5) is 0 Å². The highest BCUT2D eigenvalue weighted by Crippen LogP contribution is 2.21. The average molecular weight is 308 g/mol. The maximum atomic E-state index is 12.2. The monoisotopic (exact) mass is 308 g/mol. The van der Waals surface area contributed by atoms with Crippen molar-refractivity contribution in [1.29, 1.82) is 0 Å². The van der Waals surface area contributed by atoms with E-state index in [1.807, 2.05) is 0 Å². The summed E-state index contributed by atoms with van der Waals surface area (Å²) >= 11 is 0. The number of esters is 1. The lowest BCUT2D eigenvalue weighted by Crippen LogP contribution is -2.37. The van der Waals surface area contributed by atoms with E-state index in [4.69, 9.17) is 14.2 Å². The predicted octanol–water partition coefficient (Wildman–Crippen LogP) is 3.16. The van der Waals surface area contributed by atoms with Gasteiger partial charge in [0.25, 0.3) is 6.10 Å². The topological polar surface area (TPSA) is 61.8 Å². The van der Waals surface area contributed by atoms with Gasteiger partial charge in [-0.1, -0.05) is 25.8 Å².